The Hall–Kier alpha value is -1.45. The smallest absolute Gasteiger partial charge is 0.169 e. The molecule has 0 aliphatic rings. The first-order valence-corrected chi connectivity index (χ1v) is 3.39. The van der Waals surface area contributed by atoms with Gasteiger partial charge in [-0.05, 0) is 6.92 Å². The van der Waals surface area contributed by atoms with Crippen molar-refractivity contribution in [3.05, 3.63) is 23.3 Å². The van der Waals surface area contributed by atoms with Gasteiger partial charge in [0.15, 0.2) is 17.9 Å². The predicted molar refractivity (Wildman–Crippen MR) is 40.8 cm³/mol. The van der Waals surface area contributed by atoms with Crippen molar-refractivity contribution in [2.24, 2.45) is 7.05 Å². The van der Waals surface area contributed by atoms with Gasteiger partial charge in [0, 0.05) is 13.2 Å². The summed E-state index contributed by atoms with van der Waals surface area (Å²) in [6.45, 7) is 1.26. The van der Waals surface area contributed by atoms with Crippen molar-refractivity contribution in [2.45, 2.75) is 6.92 Å². The fourth-order valence-electron chi connectivity index (χ4n) is 0.993. The SMILES string of the molecule is CC(=O)c1cn(C)c(C=O)c1F. The molecule has 0 spiro atoms. The Labute approximate surface area is 68.8 Å². The van der Waals surface area contributed by atoms with Crippen LogP contribution >= 0.6 is 0 Å². The third kappa shape index (κ3) is 1.15. The Morgan fingerprint density at radius 3 is 2.50 bits per heavy atom. The first-order valence-electron chi connectivity index (χ1n) is 3.39. The molecule has 4 heteroatoms. The highest BCUT2D eigenvalue weighted by atomic mass is 19.1. The van der Waals surface area contributed by atoms with E-state index in [1.807, 2.05) is 0 Å². The quantitative estimate of drug-likeness (QED) is 0.492. The third-order valence-electron chi connectivity index (χ3n) is 1.66. The minimum atomic E-state index is -0.736. The average Bonchev–Trinajstić information content (AvgIpc) is 2.27. The number of aryl methyl sites for hydroxylation is 1. The summed E-state index contributed by atoms with van der Waals surface area (Å²) in [5.41, 5.74) is -0.139. The molecule has 1 aromatic rings. The number of hydrogen-bond acceptors (Lipinski definition) is 2. The Kier molecular flexibility index (Phi) is 2.08. The van der Waals surface area contributed by atoms with E-state index in [0.29, 0.717) is 6.29 Å². The highest BCUT2D eigenvalue weighted by Crippen LogP contribution is 2.13. The van der Waals surface area contributed by atoms with Crippen molar-refractivity contribution >= 4 is 12.1 Å². The van der Waals surface area contributed by atoms with Gasteiger partial charge >= 0.3 is 0 Å². The number of halogens is 1. The predicted octanol–water partition coefficient (Wildman–Crippen LogP) is 1.18. The summed E-state index contributed by atoms with van der Waals surface area (Å²) < 4.78 is 14.4. The normalized spacial score (nSPS) is 9.92. The standard InChI is InChI=1S/C8H8FNO2/c1-5(12)6-3-10(2)7(4-11)8(6)9/h3-4H,1-2H3. The molecule has 0 radical (unpaired) electrons. The van der Waals surface area contributed by atoms with Gasteiger partial charge < -0.3 is 4.57 Å². The lowest BCUT2D eigenvalue weighted by Gasteiger charge is -1.90. The van der Waals surface area contributed by atoms with Crippen LogP contribution in [0.15, 0.2) is 6.20 Å². The van der Waals surface area contributed by atoms with Crippen LogP contribution in [0.1, 0.15) is 27.8 Å². The molecule has 1 heterocycles. The maximum Gasteiger partial charge on any atom is 0.169 e. The summed E-state index contributed by atoms with van der Waals surface area (Å²) in [5, 5.41) is 0. The Bertz CT molecular complexity index is 341. The maximum absolute atomic E-state index is 13.1. The molecule has 1 aromatic heterocycles. The average molecular weight is 169 g/mol. The van der Waals surface area contributed by atoms with E-state index in [4.69, 9.17) is 0 Å². The molecular formula is C8H8FNO2. The van der Waals surface area contributed by atoms with E-state index in [1.165, 1.54) is 24.7 Å². The molecule has 0 amide bonds. The molecule has 0 saturated carbocycles. The van der Waals surface area contributed by atoms with Crippen molar-refractivity contribution in [3.63, 3.8) is 0 Å². The molecule has 0 unspecified atom stereocenters. The molecule has 0 aliphatic carbocycles. The monoisotopic (exact) mass is 169 g/mol. The second kappa shape index (κ2) is 2.89. The van der Waals surface area contributed by atoms with Crippen molar-refractivity contribution in [2.75, 3.05) is 0 Å². The lowest BCUT2D eigenvalue weighted by molar-refractivity contribution is 0.101. The van der Waals surface area contributed by atoms with Crippen LogP contribution in [0.2, 0.25) is 0 Å². The number of rotatable bonds is 2. The zero-order valence-electron chi connectivity index (χ0n) is 6.80. The van der Waals surface area contributed by atoms with Crippen LogP contribution in [-0.2, 0) is 7.05 Å². The van der Waals surface area contributed by atoms with Crippen molar-refractivity contribution < 1.29 is 14.0 Å². The second-order valence-corrected chi connectivity index (χ2v) is 2.53. The number of carbonyl (C=O) groups excluding carboxylic acids is 2. The molecule has 0 N–H and O–H groups in total. The molecular weight excluding hydrogens is 161 g/mol. The van der Waals surface area contributed by atoms with Crippen molar-refractivity contribution in [3.8, 4) is 0 Å². The Morgan fingerprint density at radius 1 is 1.67 bits per heavy atom. The fraction of sp³-hybridized carbons (Fsp3) is 0.250. The number of hydrogen-bond donors (Lipinski definition) is 0. The molecule has 0 aliphatic heterocycles. The van der Waals surface area contributed by atoms with Crippen LogP contribution in [0.25, 0.3) is 0 Å². The number of aldehydes is 1. The summed E-state index contributed by atoms with van der Waals surface area (Å²) in [5.74, 6) is -1.11. The van der Waals surface area contributed by atoms with Crippen LogP contribution < -0.4 is 0 Å². The lowest BCUT2D eigenvalue weighted by Crippen LogP contribution is -1.95. The van der Waals surface area contributed by atoms with E-state index < -0.39 is 5.82 Å². The van der Waals surface area contributed by atoms with Crippen molar-refractivity contribution in [1.29, 1.82) is 0 Å². The first kappa shape index (κ1) is 8.64. The molecule has 0 atom stereocenters. The summed E-state index contributed by atoms with van der Waals surface area (Å²) >= 11 is 0. The van der Waals surface area contributed by atoms with Crippen LogP contribution in [0, 0.1) is 5.82 Å². The summed E-state index contributed by atoms with van der Waals surface area (Å²) in [6.07, 6.45) is 1.70. The van der Waals surface area contributed by atoms with Gasteiger partial charge in [0.2, 0.25) is 0 Å². The van der Waals surface area contributed by atoms with Gasteiger partial charge in [0.05, 0.1) is 5.56 Å². The van der Waals surface area contributed by atoms with Crippen LogP contribution in [-0.4, -0.2) is 16.6 Å². The van der Waals surface area contributed by atoms with Crippen LogP contribution in [0.4, 0.5) is 4.39 Å². The van der Waals surface area contributed by atoms with Gasteiger partial charge in [-0.1, -0.05) is 0 Å². The molecule has 0 bridgehead atoms. The fourth-order valence-corrected chi connectivity index (χ4v) is 0.993. The van der Waals surface area contributed by atoms with Gasteiger partial charge in [-0.2, -0.15) is 0 Å². The zero-order valence-corrected chi connectivity index (χ0v) is 6.80. The Morgan fingerprint density at radius 2 is 2.25 bits per heavy atom. The summed E-state index contributed by atoms with van der Waals surface area (Å²) in [7, 11) is 1.51. The number of ketones is 1. The first-order chi connectivity index (χ1) is 5.57. The number of carbonyl (C=O) groups is 2. The zero-order chi connectivity index (χ0) is 9.30. The van der Waals surface area contributed by atoms with Crippen LogP contribution in [0.5, 0.6) is 0 Å². The van der Waals surface area contributed by atoms with E-state index in [9.17, 15) is 14.0 Å². The van der Waals surface area contributed by atoms with Gasteiger partial charge in [-0.3, -0.25) is 9.59 Å². The lowest BCUT2D eigenvalue weighted by atomic mass is 10.2. The minimum absolute atomic E-state index is 0.0420. The van der Waals surface area contributed by atoms with Gasteiger partial charge in [0.1, 0.15) is 5.69 Å². The largest absolute Gasteiger partial charge is 0.345 e. The van der Waals surface area contributed by atoms with Gasteiger partial charge in [0.25, 0.3) is 0 Å². The topological polar surface area (TPSA) is 39.1 Å². The molecule has 0 aromatic carbocycles. The van der Waals surface area contributed by atoms with Gasteiger partial charge in [-0.15, -0.1) is 0 Å². The van der Waals surface area contributed by atoms with E-state index in [1.54, 1.807) is 0 Å². The third-order valence-corrected chi connectivity index (χ3v) is 1.66. The number of Topliss-reactive ketones (excluding diaryl/α,β-unsaturated/α-hetero) is 1. The molecule has 12 heavy (non-hydrogen) atoms. The second-order valence-electron chi connectivity index (χ2n) is 2.53. The van der Waals surface area contributed by atoms with E-state index in [-0.39, 0.29) is 17.0 Å². The molecule has 64 valence electrons. The highest BCUT2D eigenvalue weighted by Gasteiger charge is 2.15. The highest BCUT2D eigenvalue weighted by molar-refractivity contribution is 5.96. The van der Waals surface area contributed by atoms with Crippen molar-refractivity contribution in [1.82, 2.24) is 4.57 Å². The van der Waals surface area contributed by atoms with Crippen LogP contribution in [0.3, 0.4) is 0 Å². The molecule has 1 rings (SSSR count). The maximum atomic E-state index is 13.1. The number of aromatic nitrogens is 1. The van der Waals surface area contributed by atoms with E-state index in [0.717, 1.165) is 0 Å². The van der Waals surface area contributed by atoms with E-state index >= 15 is 0 Å². The van der Waals surface area contributed by atoms with Gasteiger partial charge in [-0.25, -0.2) is 4.39 Å². The number of nitrogens with zero attached hydrogens (tertiary/aromatic N) is 1. The molecule has 3 nitrogen and oxygen atoms in total. The summed E-state index contributed by atoms with van der Waals surface area (Å²) in [4.78, 5) is 21.1. The van der Waals surface area contributed by atoms with E-state index in [2.05, 4.69) is 0 Å². The minimum Gasteiger partial charge on any atom is -0.345 e. The molecule has 0 fully saturated rings. The summed E-state index contributed by atoms with van der Waals surface area (Å²) in [6, 6.07) is 0. The Balaban J connectivity index is 3.35. The molecule has 0 saturated heterocycles.